The third kappa shape index (κ3) is 8.39. The monoisotopic (exact) mass is 330 g/mol. The second kappa shape index (κ2) is 7.17. The molecule has 0 unspecified atom stereocenters. The van der Waals surface area contributed by atoms with Gasteiger partial charge in [0.1, 0.15) is 0 Å². The van der Waals surface area contributed by atoms with Crippen molar-refractivity contribution in [1.29, 1.82) is 0 Å². The number of carbonyl (C=O) groups is 1. The first-order chi connectivity index (χ1) is 7.72. The molecule has 0 aromatic heterocycles. The number of rotatable bonds is 7. The summed E-state index contributed by atoms with van der Waals surface area (Å²) in [6, 6.07) is 0. The Morgan fingerprint density at radius 3 is 2.47 bits per heavy atom. The lowest BCUT2D eigenvalue weighted by Crippen LogP contribution is -2.44. The molecule has 6 nitrogen and oxygen atoms in total. The molecule has 2 N–H and O–H groups in total. The van der Waals surface area contributed by atoms with Crippen molar-refractivity contribution < 1.29 is 17.9 Å². The van der Waals surface area contributed by atoms with Gasteiger partial charge in [-0.3, -0.25) is 0 Å². The van der Waals surface area contributed by atoms with Crippen molar-refractivity contribution in [3.05, 3.63) is 0 Å². The zero-order valence-electron chi connectivity index (χ0n) is 10.2. The van der Waals surface area contributed by atoms with Crippen molar-refractivity contribution in [2.24, 2.45) is 5.41 Å². The van der Waals surface area contributed by atoms with Gasteiger partial charge in [-0.1, -0.05) is 29.8 Å². The van der Waals surface area contributed by atoms with E-state index in [4.69, 9.17) is 0 Å². The van der Waals surface area contributed by atoms with E-state index in [1.54, 1.807) is 11.6 Å². The Morgan fingerprint density at radius 1 is 1.41 bits per heavy atom. The van der Waals surface area contributed by atoms with Gasteiger partial charge in [-0.05, 0) is 18.8 Å². The summed E-state index contributed by atoms with van der Waals surface area (Å²) in [5.74, 6) is 0. The highest BCUT2D eigenvalue weighted by Gasteiger charge is 2.21. The first kappa shape index (κ1) is 16.7. The number of hydrogen-bond acceptors (Lipinski definition) is 4. The molecule has 0 aliphatic carbocycles. The molecule has 0 heterocycles. The molecule has 0 saturated heterocycles. The second-order valence-corrected chi connectivity index (χ2v) is 6.54. The Balaban J connectivity index is 4.23. The lowest BCUT2D eigenvalue weighted by atomic mass is 9.91. The van der Waals surface area contributed by atoms with E-state index in [1.807, 2.05) is 13.8 Å². The van der Waals surface area contributed by atoms with Crippen molar-refractivity contribution in [2.75, 3.05) is 18.5 Å². The van der Waals surface area contributed by atoms with E-state index in [0.717, 1.165) is 11.8 Å². The summed E-state index contributed by atoms with van der Waals surface area (Å²) in [6.45, 7) is 5.82. The van der Waals surface area contributed by atoms with Crippen LogP contribution in [0.2, 0.25) is 0 Å². The van der Waals surface area contributed by atoms with E-state index in [-0.39, 0.29) is 18.6 Å². The van der Waals surface area contributed by atoms with E-state index in [1.165, 1.54) is 0 Å². The zero-order valence-corrected chi connectivity index (χ0v) is 12.7. The van der Waals surface area contributed by atoms with Crippen molar-refractivity contribution >= 4 is 32.2 Å². The molecule has 0 spiro atoms. The summed E-state index contributed by atoms with van der Waals surface area (Å²) in [5, 5.41) is 0.785. The molecule has 0 aromatic carbocycles. The van der Waals surface area contributed by atoms with Crippen molar-refractivity contribution in [1.82, 2.24) is 9.44 Å². The quantitative estimate of drug-likeness (QED) is 0.690. The lowest BCUT2D eigenvalue weighted by Gasteiger charge is -2.23. The van der Waals surface area contributed by atoms with Gasteiger partial charge >= 0.3 is 16.3 Å². The molecule has 0 fully saturated rings. The number of hydrogen-bond donors (Lipinski definition) is 2. The summed E-state index contributed by atoms with van der Waals surface area (Å²) in [5.41, 5.74) is -0.188. The van der Waals surface area contributed by atoms with Crippen LogP contribution in [-0.4, -0.2) is 33.0 Å². The highest BCUT2D eigenvalue weighted by atomic mass is 79.9. The SMILES string of the molecule is CCOC(=O)NS(=O)(=O)NCC(C)(C)CCBr. The molecule has 0 aromatic rings. The van der Waals surface area contributed by atoms with Crippen LogP contribution in [0.3, 0.4) is 0 Å². The Bertz CT molecular complexity index is 343. The van der Waals surface area contributed by atoms with Crippen LogP contribution in [-0.2, 0) is 14.9 Å². The lowest BCUT2D eigenvalue weighted by molar-refractivity contribution is 0.158. The van der Waals surface area contributed by atoms with Gasteiger partial charge in [0, 0.05) is 11.9 Å². The Labute approximate surface area is 111 Å². The van der Waals surface area contributed by atoms with E-state index in [0.29, 0.717) is 0 Å². The number of carbonyl (C=O) groups excluding carboxylic acids is 1. The maximum absolute atomic E-state index is 11.4. The molecule has 0 aliphatic rings. The van der Waals surface area contributed by atoms with E-state index in [9.17, 15) is 13.2 Å². The van der Waals surface area contributed by atoms with Gasteiger partial charge in [0.2, 0.25) is 0 Å². The molecule has 1 amide bonds. The summed E-state index contributed by atoms with van der Waals surface area (Å²) in [4.78, 5) is 10.9. The van der Waals surface area contributed by atoms with Crippen LogP contribution in [0.15, 0.2) is 0 Å². The van der Waals surface area contributed by atoms with Crippen LogP contribution in [0.5, 0.6) is 0 Å². The van der Waals surface area contributed by atoms with Crippen molar-refractivity contribution in [3.8, 4) is 0 Å². The molecule has 102 valence electrons. The second-order valence-electron chi connectivity index (χ2n) is 4.25. The van der Waals surface area contributed by atoms with Crippen LogP contribution >= 0.6 is 15.9 Å². The standard InChI is InChI=1S/C9H19BrN2O4S/c1-4-16-8(13)12-17(14,15)11-7-9(2,3)5-6-10/h11H,4-7H2,1-3H3,(H,12,13). The van der Waals surface area contributed by atoms with Gasteiger partial charge in [0.05, 0.1) is 6.61 Å². The molecular formula is C9H19BrN2O4S. The highest BCUT2D eigenvalue weighted by Crippen LogP contribution is 2.20. The fraction of sp³-hybridized carbons (Fsp3) is 0.889. The van der Waals surface area contributed by atoms with E-state index >= 15 is 0 Å². The number of nitrogens with one attached hydrogen (secondary N) is 2. The smallest absolute Gasteiger partial charge is 0.421 e. The molecule has 0 aliphatic heterocycles. The van der Waals surface area contributed by atoms with Crippen LogP contribution in [0, 0.1) is 5.41 Å². The topological polar surface area (TPSA) is 84.5 Å². The van der Waals surface area contributed by atoms with Gasteiger partial charge < -0.3 is 4.74 Å². The molecule has 0 saturated carbocycles. The van der Waals surface area contributed by atoms with Gasteiger partial charge in [-0.15, -0.1) is 0 Å². The first-order valence-electron chi connectivity index (χ1n) is 5.22. The summed E-state index contributed by atoms with van der Waals surface area (Å²) < 4.78 is 31.4. The maximum Gasteiger partial charge on any atom is 0.421 e. The van der Waals surface area contributed by atoms with E-state index < -0.39 is 16.3 Å². The van der Waals surface area contributed by atoms with Crippen LogP contribution in [0.1, 0.15) is 27.2 Å². The van der Waals surface area contributed by atoms with Crippen LogP contribution in [0.4, 0.5) is 4.79 Å². The molecule has 0 radical (unpaired) electrons. The molecule has 17 heavy (non-hydrogen) atoms. The van der Waals surface area contributed by atoms with Gasteiger partial charge in [-0.25, -0.2) is 9.52 Å². The summed E-state index contributed by atoms with van der Waals surface area (Å²) >= 11 is 3.30. The Hall–Kier alpha value is -0.340. The first-order valence-corrected chi connectivity index (χ1v) is 7.83. The predicted octanol–water partition coefficient (Wildman–Crippen LogP) is 1.38. The number of alkyl halides is 1. The van der Waals surface area contributed by atoms with Crippen molar-refractivity contribution in [3.63, 3.8) is 0 Å². The number of ether oxygens (including phenoxy) is 1. The highest BCUT2D eigenvalue weighted by molar-refractivity contribution is 9.09. The summed E-state index contributed by atoms with van der Waals surface area (Å²) in [6.07, 6.45) is -0.159. The third-order valence-electron chi connectivity index (χ3n) is 2.01. The minimum absolute atomic E-state index is 0.121. The van der Waals surface area contributed by atoms with E-state index in [2.05, 4.69) is 25.4 Å². The average Bonchev–Trinajstić information content (AvgIpc) is 2.15. The predicted molar refractivity (Wildman–Crippen MR) is 69.3 cm³/mol. The normalized spacial score (nSPS) is 12.2. The maximum atomic E-state index is 11.4. The molecule has 0 rings (SSSR count). The van der Waals surface area contributed by atoms with Crippen LogP contribution in [0.25, 0.3) is 0 Å². The Kier molecular flexibility index (Phi) is 7.03. The largest absolute Gasteiger partial charge is 0.449 e. The number of amides is 1. The average molecular weight is 331 g/mol. The number of halogens is 1. The third-order valence-corrected chi connectivity index (χ3v) is 3.36. The molecule has 0 atom stereocenters. The zero-order chi connectivity index (χ0) is 13.5. The fourth-order valence-electron chi connectivity index (χ4n) is 0.941. The van der Waals surface area contributed by atoms with Gasteiger partial charge in [-0.2, -0.15) is 13.1 Å². The summed E-state index contributed by atoms with van der Waals surface area (Å²) in [7, 11) is -3.84. The van der Waals surface area contributed by atoms with Crippen molar-refractivity contribution in [2.45, 2.75) is 27.2 Å². The molecular weight excluding hydrogens is 312 g/mol. The van der Waals surface area contributed by atoms with Crippen LogP contribution < -0.4 is 9.44 Å². The fourth-order valence-corrected chi connectivity index (χ4v) is 2.95. The molecule has 0 bridgehead atoms. The minimum atomic E-state index is -3.84. The Morgan fingerprint density at radius 2 is 2.00 bits per heavy atom. The van der Waals surface area contributed by atoms with Gasteiger partial charge in [0.25, 0.3) is 0 Å². The minimum Gasteiger partial charge on any atom is -0.449 e. The molecule has 8 heteroatoms. The van der Waals surface area contributed by atoms with Gasteiger partial charge in [0.15, 0.2) is 0 Å².